The first kappa shape index (κ1) is 20.0. The van der Waals surface area contributed by atoms with E-state index < -0.39 is 5.97 Å². The zero-order chi connectivity index (χ0) is 20.4. The lowest BCUT2D eigenvalue weighted by atomic mass is 9.91. The minimum Gasteiger partial charge on any atom is -0.497 e. The molecule has 4 rings (SSSR count). The van der Waals surface area contributed by atoms with E-state index in [1.54, 1.807) is 18.2 Å². The molecule has 3 aromatic rings. The summed E-state index contributed by atoms with van der Waals surface area (Å²) in [6.07, 6.45) is 4.13. The molecule has 0 saturated carbocycles. The number of halogens is 1. The molecule has 1 fully saturated rings. The maximum Gasteiger partial charge on any atom is 0.337 e. The van der Waals surface area contributed by atoms with Gasteiger partial charge in [0.2, 0.25) is 0 Å². The topological polar surface area (TPSA) is 71.5 Å². The summed E-state index contributed by atoms with van der Waals surface area (Å²) >= 11 is 5.54. The fourth-order valence-electron chi connectivity index (χ4n) is 3.71. The number of thioether (sulfide) groups is 1. The number of hydrogen-bond acceptors (Lipinski definition) is 5. The van der Waals surface area contributed by atoms with Crippen LogP contribution in [0, 0.1) is 0 Å². The predicted molar refractivity (Wildman–Crippen MR) is 122 cm³/mol. The van der Waals surface area contributed by atoms with Crippen molar-refractivity contribution < 1.29 is 14.6 Å². The number of aromatic nitrogens is 1. The first-order chi connectivity index (χ1) is 14.1. The maximum absolute atomic E-state index is 11.9. The second-order valence-electron chi connectivity index (χ2n) is 6.98. The van der Waals surface area contributed by atoms with Crippen molar-refractivity contribution in [1.29, 1.82) is 0 Å². The molecule has 0 atom stereocenters. The second-order valence-corrected chi connectivity index (χ2v) is 9.12. The molecule has 2 N–H and O–H groups in total. The molecule has 0 spiro atoms. The lowest BCUT2D eigenvalue weighted by molar-refractivity contribution is 0.0697. The summed E-state index contributed by atoms with van der Waals surface area (Å²) in [7, 11) is 1.53. The van der Waals surface area contributed by atoms with Gasteiger partial charge in [-0.1, -0.05) is 15.9 Å². The average Bonchev–Trinajstić information content (AvgIpc) is 2.74. The fraction of sp³-hybridized carbons (Fsp3) is 0.273. The average molecular weight is 473 g/mol. The summed E-state index contributed by atoms with van der Waals surface area (Å²) in [6, 6.07) is 11.0. The van der Waals surface area contributed by atoms with Crippen LogP contribution in [0.4, 0.5) is 11.4 Å². The first-order valence-corrected chi connectivity index (χ1v) is 11.4. The van der Waals surface area contributed by atoms with Gasteiger partial charge < -0.3 is 15.2 Å². The minimum absolute atomic E-state index is 0.175. The summed E-state index contributed by atoms with van der Waals surface area (Å²) < 4.78 is 6.16. The van der Waals surface area contributed by atoms with Crippen LogP contribution in [0.25, 0.3) is 10.9 Å². The van der Waals surface area contributed by atoms with Crippen LogP contribution in [0.3, 0.4) is 0 Å². The van der Waals surface area contributed by atoms with E-state index in [9.17, 15) is 9.90 Å². The van der Waals surface area contributed by atoms with Crippen LogP contribution >= 0.6 is 27.7 Å². The third kappa shape index (κ3) is 4.21. The van der Waals surface area contributed by atoms with Crippen molar-refractivity contribution in [3.63, 3.8) is 0 Å². The monoisotopic (exact) mass is 472 g/mol. The van der Waals surface area contributed by atoms with Gasteiger partial charge in [-0.25, -0.2) is 4.79 Å². The number of carboxylic acids is 1. The zero-order valence-electron chi connectivity index (χ0n) is 15.9. The molecule has 150 valence electrons. The molecule has 0 unspecified atom stereocenters. The number of nitrogens with one attached hydrogen (secondary N) is 1. The van der Waals surface area contributed by atoms with Gasteiger partial charge in [0, 0.05) is 16.1 Å². The van der Waals surface area contributed by atoms with Crippen LogP contribution in [0.15, 0.2) is 47.1 Å². The van der Waals surface area contributed by atoms with E-state index in [0.29, 0.717) is 17.4 Å². The number of aromatic carboxylic acids is 1. The highest BCUT2D eigenvalue weighted by Crippen LogP contribution is 2.40. The Bertz CT molecular complexity index is 1070. The Labute approximate surface area is 182 Å². The van der Waals surface area contributed by atoms with Gasteiger partial charge in [-0.15, -0.1) is 0 Å². The quantitative estimate of drug-likeness (QED) is 0.470. The van der Waals surface area contributed by atoms with Gasteiger partial charge in [-0.3, -0.25) is 4.98 Å². The smallest absolute Gasteiger partial charge is 0.337 e. The SMILES string of the molecule is COc1ccc(Nc2c(C3CCSCC3)cnc3ccc(Br)cc23)c(C(=O)O)c1. The zero-order valence-corrected chi connectivity index (χ0v) is 18.3. The number of fused-ring (bicyclic) bond motifs is 1. The molecule has 2 aromatic carbocycles. The summed E-state index contributed by atoms with van der Waals surface area (Å²) in [5.74, 6) is 2.18. The lowest BCUT2D eigenvalue weighted by Crippen LogP contribution is -2.12. The van der Waals surface area contributed by atoms with Crippen molar-refractivity contribution in [3.8, 4) is 5.75 Å². The van der Waals surface area contributed by atoms with Gasteiger partial charge >= 0.3 is 5.97 Å². The number of benzene rings is 2. The van der Waals surface area contributed by atoms with Crippen LogP contribution in [0.5, 0.6) is 5.75 Å². The minimum atomic E-state index is -0.999. The van der Waals surface area contributed by atoms with Crippen molar-refractivity contribution in [3.05, 3.63) is 58.2 Å². The fourth-order valence-corrected chi connectivity index (χ4v) is 5.18. The highest BCUT2D eigenvalue weighted by atomic mass is 79.9. The number of carboxylic acid groups (broad SMARTS) is 1. The van der Waals surface area contributed by atoms with Gasteiger partial charge in [0.05, 0.1) is 29.6 Å². The van der Waals surface area contributed by atoms with Gasteiger partial charge in [0.25, 0.3) is 0 Å². The van der Waals surface area contributed by atoms with Gasteiger partial charge in [-0.05, 0) is 72.2 Å². The highest BCUT2D eigenvalue weighted by molar-refractivity contribution is 9.10. The third-order valence-electron chi connectivity index (χ3n) is 5.24. The third-order valence-corrected chi connectivity index (χ3v) is 6.78. The molecular formula is C22H21BrN2O3S. The van der Waals surface area contributed by atoms with Crippen LogP contribution in [0.2, 0.25) is 0 Å². The molecule has 0 amide bonds. The van der Waals surface area contributed by atoms with E-state index >= 15 is 0 Å². The van der Waals surface area contributed by atoms with E-state index in [1.165, 1.54) is 7.11 Å². The number of methoxy groups -OCH3 is 1. The molecule has 0 bridgehead atoms. The molecule has 1 aliphatic heterocycles. The van der Waals surface area contributed by atoms with Gasteiger partial charge in [-0.2, -0.15) is 11.8 Å². The Morgan fingerprint density at radius 1 is 1.24 bits per heavy atom. The molecule has 1 saturated heterocycles. The molecule has 29 heavy (non-hydrogen) atoms. The largest absolute Gasteiger partial charge is 0.497 e. The standard InChI is InChI=1S/C22H21BrN2O3S/c1-28-15-3-5-20(17(11-15)22(26)27)25-21-16-10-14(23)2-4-19(16)24-12-18(21)13-6-8-29-9-7-13/h2-5,10-13H,6-9H2,1H3,(H,24,25)(H,26,27). The van der Waals surface area contributed by atoms with E-state index in [-0.39, 0.29) is 5.56 Å². The summed E-state index contributed by atoms with van der Waals surface area (Å²) in [6.45, 7) is 0. The van der Waals surface area contributed by atoms with Crippen molar-refractivity contribution >= 4 is 55.9 Å². The molecule has 7 heteroatoms. The predicted octanol–water partition coefficient (Wildman–Crippen LogP) is 6.06. The number of rotatable bonds is 5. The number of hydrogen-bond donors (Lipinski definition) is 2. The van der Waals surface area contributed by atoms with Crippen LogP contribution in [-0.4, -0.2) is 34.7 Å². The molecule has 2 heterocycles. The van der Waals surface area contributed by atoms with Crippen molar-refractivity contribution in [2.24, 2.45) is 0 Å². The van der Waals surface area contributed by atoms with Crippen molar-refractivity contribution in [2.45, 2.75) is 18.8 Å². The number of anilines is 2. The maximum atomic E-state index is 11.9. The summed E-state index contributed by atoms with van der Waals surface area (Å²) in [4.78, 5) is 16.5. The van der Waals surface area contributed by atoms with E-state index in [0.717, 1.165) is 51.0 Å². The van der Waals surface area contributed by atoms with E-state index in [1.807, 2.05) is 36.2 Å². The van der Waals surface area contributed by atoms with Crippen molar-refractivity contribution in [1.82, 2.24) is 4.98 Å². The molecule has 0 aliphatic carbocycles. The normalized spacial score (nSPS) is 14.7. The Hall–Kier alpha value is -2.25. The molecule has 1 aromatic heterocycles. The van der Waals surface area contributed by atoms with Crippen LogP contribution < -0.4 is 10.1 Å². The van der Waals surface area contributed by atoms with Gasteiger partial charge in [0.15, 0.2) is 0 Å². The summed E-state index contributed by atoms with van der Waals surface area (Å²) in [5.41, 5.74) is 3.66. The van der Waals surface area contributed by atoms with E-state index in [2.05, 4.69) is 26.2 Å². The highest BCUT2D eigenvalue weighted by Gasteiger charge is 2.22. The Morgan fingerprint density at radius 2 is 2.03 bits per heavy atom. The van der Waals surface area contributed by atoms with Crippen LogP contribution in [0.1, 0.15) is 34.7 Å². The Morgan fingerprint density at radius 3 is 2.76 bits per heavy atom. The molecule has 0 radical (unpaired) electrons. The Kier molecular flexibility index (Phi) is 5.96. The Balaban J connectivity index is 1.87. The molecular weight excluding hydrogens is 452 g/mol. The molecule has 5 nitrogen and oxygen atoms in total. The number of carbonyl (C=O) groups is 1. The van der Waals surface area contributed by atoms with Crippen molar-refractivity contribution in [2.75, 3.05) is 23.9 Å². The molecule has 1 aliphatic rings. The van der Waals surface area contributed by atoms with Crippen LogP contribution in [-0.2, 0) is 0 Å². The van der Waals surface area contributed by atoms with Gasteiger partial charge in [0.1, 0.15) is 5.75 Å². The first-order valence-electron chi connectivity index (χ1n) is 9.41. The number of pyridine rings is 1. The number of nitrogens with zero attached hydrogens (tertiary/aromatic N) is 1. The van der Waals surface area contributed by atoms with E-state index in [4.69, 9.17) is 4.74 Å². The second kappa shape index (κ2) is 8.63. The summed E-state index contributed by atoms with van der Waals surface area (Å²) in [5, 5.41) is 14.1. The lowest BCUT2D eigenvalue weighted by Gasteiger charge is -2.25. The number of ether oxygens (including phenoxy) is 1.